The van der Waals surface area contributed by atoms with Gasteiger partial charge in [-0.15, -0.1) is 0 Å². The van der Waals surface area contributed by atoms with E-state index in [0.717, 1.165) is 31.2 Å². The molecule has 0 atom stereocenters. The summed E-state index contributed by atoms with van der Waals surface area (Å²) in [5.41, 5.74) is 7.75. The molecule has 0 bridgehead atoms. The van der Waals surface area contributed by atoms with Crippen LogP contribution in [0.1, 0.15) is 52.1 Å². The summed E-state index contributed by atoms with van der Waals surface area (Å²) < 4.78 is 13.6. The van der Waals surface area contributed by atoms with Crippen LogP contribution >= 0.6 is 0 Å². The number of primary amides is 1. The van der Waals surface area contributed by atoms with Gasteiger partial charge in [0.05, 0.1) is 0 Å². The predicted octanol–water partition coefficient (Wildman–Crippen LogP) is 3.53. The lowest BCUT2D eigenvalue weighted by atomic mass is 9.93. The number of carbonyl (C=O) groups is 2. The standard InChI is InChI=1S/C27H27N5O4/c28-25(33)22-7-4-13-29-27(22)36-20-10-8-19(9-11-20)30-26(34)23-16-32-14-12-21(15-24(32)31-23)35-17-18-5-2-1-3-6-18/h1-7,12-16,19-20H,8-11,17H2,(H2,28,33)(H,30,34). The second-order valence-electron chi connectivity index (χ2n) is 8.81. The molecule has 9 nitrogen and oxygen atoms in total. The molecule has 0 radical (unpaired) electrons. The van der Waals surface area contributed by atoms with Crippen LogP contribution in [0, 0.1) is 0 Å². The quantitative estimate of drug-likeness (QED) is 0.394. The van der Waals surface area contributed by atoms with Crippen LogP contribution in [0.4, 0.5) is 0 Å². The van der Waals surface area contributed by atoms with Crippen molar-refractivity contribution in [1.82, 2.24) is 19.7 Å². The summed E-state index contributed by atoms with van der Waals surface area (Å²) >= 11 is 0. The molecule has 3 N–H and O–H groups in total. The molecule has 36 heavy (non-hydrogen) atoms. The number of hydrogen-bond donors (Lipinski definition) is 2. The Morgan fingerprint density at radius 1 is 1.06 bits per heavy atom. The Morgan fingerprint density at radius 3 is 2.64 bits per heavy atom. The van der Waals surface area contributed by atoms with Gasteiger partial charge in [0.2, 0.25) is 5.88 Å². The van der Waals surface area contributed by atoms with Crippen molar-refractivity contribution in [2.24, 2.45) is 5.73 Å². The lowest BCUT2D eigenvalue weighted by molar-refractivity contribution is 0.0877. The summed E-state index contributed by atoms with van der Waals surface area (Å²) in [6, 6.07) is 16.9. The van der Waals surface area contributed by atoms with Crippen molar-refractivity contribution in [3.8, 4) is 11.6 Å². The summed E-state index contributed by atoms with van der Waals surface area (Å²) in [5, 5.41) is 3.08. The first-order valence-electron chi connectivity index (χ1n) is 11.9. The highest BCUT2D eigenvalue weighted by molar-refractivity contribution is 5.95. The van der Waals surface area contributed by atoms with E-state index >= 15 is 0 Å². The number of rotatable bonds is 8. The van der Waals surface area contributed by atoms with Crippen LogP contribution in [0.2, 0.25) is 0 Å². The van der Waals surface area contributed by atoms with Crippen molar-refractivity contribution in [2.75, 3.05) is 0 Å². The number of nitrogens with zero attached hydrogens (tertiary/aromatic N) is 3. The van der Waals surface area contributed by atoms with Gasteiger partial charge in [-0.3, -0.25) is 9.59 Å². The van der Waals surface area contributed by atoms with E-state index in [4.69, 9.17) is 15.2 Å². The highest BCUT2D eigenvalue weighted by atomic mass is 16.5. The van der Waals surface area contributed by atoms with Crippen LogP contribution in [-0.2, 0) is 6.61 Å². The number of ether oxygens (including phenoxy) is 2. The molecule has 0 aliphatic heterocycles. The minimum Gasteiger partial charge on any atom is -0.489 e. The van der Waals surface area contributed by atoms with Crippen LogP contribution in [0.5, 0.6) is 11.6 Å². The van der Waals surface area contributed by atoms with E-state index in [2.05, 4.69) is 15.3 Å². The van der Waals surface area contributed by atoms with Crippen LogP contribution in [-0.4, -0.2) is 38.3 Å². The molecule has 4 aromatic rings. The SMILES string of the molecule is NC(=O)c1cccnc1OC1CCC(NC(=O)c2cn3ccc(OCc4ccccc4)cc3n2)CC1. The molecular formula is C27H27N5O4. The molecule has 1 saturated carbocycles. The smallest absolute Gasteiger partial charge is 0.271 e. The zero-order valence-corrected chi connectivity index (χ0v) is 19.7. The minimum atomic E-state index is -0.568. The van der Waals surface area contributed by atoms with Gasteiger partial charge < -0.3 is 24.9 Å². The average Bonchev–Trinajstić information content (AvgIpc) is 3.33. The van der Waals surface area contributed by atoms with Crippen molar-refractivity contribution in [3.05, 3.63) is 90.0 Å². The predicted molar refractivity (Wildman–Crippen MR) is 133 cm³/mol. The molecule has 1 fully saturated rings. The Balaban J connectivity index is 1.15. The number of nitrogens with two attached hydrogens (primary N) is 1. The molecule has 0 spiro atoms. The molecule has 1 aromatic carbocycles. The fourth-order valence-electron chi connectivity index (χ4n) is 4.32. The summed E-state index contributed by atoms with van der Waals surface area (Å²) in [6.45, 7) is 0.460. The van der Waals surface area contributed by atoms with E-state index in [1.54, 1.807) is 28.9 Å². The van der Waals surface area contributed by atoms with E-state index in [0.29, 0.717) is 23.7 Å². The zero-order valence-electron chi connectivity index (χ0n) is 19.7. The number of imidazole rings is 1. The van der Waals surface area contributed by atoms with E-state index < -0.39 is 5.91 Å². The largest absolute Gasteiger partial charge is 0.489 e. The number of benzene rings is 1. The number of amides is 2. The number of nitrogens with one attached hydrogen (secondary N) is 1. The van der Waals surface area contributed by atoms with E-state index in [-0.39, 0.29) is 29.5 Å². The van der Waals surface area contributed by atoms with Gasteiger partial charge in [0.1, 0.15) is 35.4 Å². The highest BCUT2D eigenvalue weighted by Crippen LogP contribution is 2.25. The maximum Gasteiger partial charge on any atom is 0.271 e. The van der Waals surface area contributed by atoms with Crippen molar-refractivity contribution in [3.63, 3.8) is 0 Å². The van der Waals surface area contributed by atoms with Crippen LogP contribution in [0.25, 0.3) is 5.65 Å². The Morgan fingerprint density at radius 2 is 1.86 bits per heavy atom. The fraction of sp³-hybridized carbons (Fsp3) is 0.259. The third-order valence-electron chi connectivity index (χ3n) is 6.24. The van der Waals surface area contributed by atoms with Crippen molar-refractivity contribution >= 4 is 17.5 Å². The van der Waals surface area contributed by atoms with Crippen LogP contribution in [0.3, 0.4) is 0 Å². The molecule has 5 rings (SSSR count). The van der Waals surface area contributed by atoms with Crippen LogP contribution in [0.15, 0.2) is 73.2 Å². The molecule has 0 saturated heterocycles. The second-order valence-corrected chi connectivity index (χ2v) is 8.81. The molecule has 2 amide bonds. The molecule has 9 heteroatoms. The first-order chi connectivity index (χ1) is 17.5. The van der Waals surface area contributed by atoms with Gasteiger partial charge in [0, 0.05) is 30.7 Å². The Bertz CT molecular complexity index is 1360. The molecule has 3 aromatic heterocycles. The van der Waals surface area contributed by atoms with Gasteiger partial charge in [0.25, 0.3) is 11.8 Å². The fourth-order valence-corrected chi connectivity index (χ4v) is 4.32. The number of pyridine rings is 2. The Kier molecular flexibility index (Phi) is 6.79. The second kappa shape index (κ2) is 10.5. The molecule has 0 unspecified atom stereocenters. The summed E-state index contributed by atoms with van der Waals surface area (Å²) in [5.74, 6) is 0.167. The molecule has 1 aliphatic carbocycles. The Hall–Kier alpha value is -4.40. The zero-order chi connectivity index (χ0) is 24.9. The van der Waals surface area contributed by atoms with E-state index in [1.165, 1.54) is 0 Å². The lowest BCUT2D eigenvalue weighted by Crippen LogP contribution is -2.40. The number of hydrogen-bond acceptors (Lipinski definition) is 6. The lowest BCUT2D eigenvalue weighted by Gasteiger charge is -2.29. The molecule has 184 valence electrons. The number of carbonyl (C=O) groups excluding carboxylic acids is 2. The first kappa shape index (κ1) is 23.3. The van der Waals surface area contributed by atoms with E-state index in [9.17, 15) is 9.59 Å². The van der Waals surface area contributed by atoms with Crippen molar-refractivity contribution < 1.29 is 19.1 Å². The van der Waals surface area contributed by atoms with Gasteiger partial charge in [-0.05, 0) is 49.4 Å². The maximum absolute atomic E-state index is 12.9. The van der Waals surface area contributed by atoms with Crippen molar-refractivity contribution in [1.29, 1.82) is 0 Å². The number of aromatic nitrogens is 3. The summed E-state index contributed by atoms with van der Waals surface area (Å²) in [6.07, 6.45) is 7.99. The molecular weight excluding hydrogens is 458 g/mol. The van der Waals surface area contributed by atoms with Gasteiger partial charge >= 0.3 is 0 Å². The van der Waals surface area contributed by atoms with Gasteiger partial charge in [-0.2, -0.15) is 0 Å². The third-order valence-corrected chi connectivity index (χ3v) is 6.24. The van der Waals surface area contributed by atoms with Crippen molar-refractivity contribution in [2.45, 2.75) is 44.4 Å². The molecule has 1 aliphatic rings. The van der Waals surface area contributed by atoms with E-state index in [1.807, 2.05) is 48.7 Å². The summed E-state index contributed by atoms with van der Waals surface area (Å²) in [7, 11) is 0. The normalized spacial score (nSPS) is 17.4. The van der Waals surface area contributed by atoms with Crippen LogP contribution < -0.4 is 20.5 Å². The first-order valence-corrected chi connectivity index (χ1v) is 11.9. The number of fused-ring (bicyclic) bond motifs is 1. The topological polar surface area (TPSA) is 121 Å². The Labute approximate surface area is 208 Å². The van der Waals surface area contributed by atoms with Gasteiger partial charge in [-0.25, -0.2) is 9.97 Å². The minimum absolute atomic E-state index is 0.0197. The average molecular weight is 486 g/mol. The monoisotopic (exact) mass is 485 g/mol. The van der Waals surface area contributed by atoms with Gasteiger partial charge in [0.15, 0.2) is 0 Å². The molecule has 3 heterocycles. The summed E-state index contributed by atoms with van der Waals surface area (Å²) in [4.78, 5) is 33.1. The third kappa shape index (κ3) is 5.46. The highest BCUT2D eigenvalue weighted by Gasteiger charge is 2.26. The maximum atomic E-state index is 12.9. The van der Waals surface area contributed by atoms with Gasteiger partial charge in [-0.1, -0.05) is 30.3 Å².